The second kappa shape index (κ2) is 10.3. The first-order valence-electron chi connectivity index (χ1n) is 12.5. The molecule has 0 spiro atoms. The van der Waals surface area contributed by atoms with E-state index in [9.17, 15) is 14.3 Å². The summed E-state index contributed by atoms with van der Waals surface area (Å²) in [6.45, 7) is 6.01. The third kappa shape index (κ3) is 4.76. The molecule has 0 amide bonds. The molecule has 2 aliphatic heterocycles. The van der Waals surface area contributed by atoms with Gasteiger partial charge in [-0.1, -0.05) is 18.2 Å². The SMILES string of the molecule is COc1ccc(C)cc1N1C(N2CCN(c3ccc(F)c(C)c3)CC2)=Nc2c(F)cccc2C1CC(=O)[O-]. The lowest BCUT2D eigenvalue weighted by molar-refractivity contribution is -0.306. The molecule has 1 saturated heterocycles. The van der Waals surface area contributed by atoms with E-state index < -0.39 is 17.8 Å². The standard InChI is InChI=1S/C29H30F2N4O3/c1-18-7-10-26(38-3)25(15-18)35-24(17-27(36)37)21-5-4-6-23(31)28(21)32-29(35)34-13-11-33(12-14-34)20-8-9-22(30)19(2)16-20/h4-10,15-16,24H,11-14,17H2,1-3H3,(H,36,37)/p-1. The van der Waals surface area contributed by atoms with Gasteiger partial charge in [0.2, 0.25) is 5.96 Å². The van der Waals surface area contributed by atoms with Crippen LogP contribution in [-0.2, 0) is 4.79 Å². The normalized spacial score (nSPS) is 17.2. The monoisotopic (exact) mass is 519 g/mol. The number of anilines is 2. The highest BCUT2D eigenvalue weighted by Gasteiger charge is 2.37. The van der Waals surface area contributed by atoms with Crippen molar-refractivity contribution in [3.63, 3.8) is 0 Å². The van der Waals surface area contributed by atoms with Crippen molar-refractivity contribution in [1.82, 2.24) is 4.90 Å². The van der Waals surface area contributed by atoms with Crippen LogP contribution in [0.1, 0.15) is 29.2 Å². The molecule has 9 heteroatoms. The average molecular weight is 520 g/mol. The highest BCUT2D eigenvalue weighted by Crippen LogP contribution is 2.44. The fraction of sp³-hybridized carbons (Fsp3) is 0.310. The minimum atomic E-state index is -1.25. The first-order chi connectivity index (χ1) is 18.3. The van der Waals surface area contributed by atoms with Gasteiger partial charge in [0.15, 0.2) is 0 Å². The molecular formula is C29H29F2N4O3-. The van der Waals surface area contributed by atoms with Gasteiger partial charge in [0, 0.05) is 49.8 Å². The highest BCUT2D eigenvalue weighted by atomic mass is 19.1. The molecule has 0 radical (unpaired) electrons. The van der Waals surface area contributed by atoms with E-state index in [1.54, 1.807) is 32.2 Å². The number of rotatable bonds is 5. The Bertz CT molecular complexity index is 1400. The van der Waals surface area contributed by atoms with Crippen LogP contribution in [0.15, 0.2) is 59.6 Å². The van der Waals surface area contributed by atoms with Crippen molar-refractivity contribution >= 4 is 29.0 Å². The number of carboxylic acids is 1. The number of carbonyl (C=O) groups excluding carboxylic acids is 1. The topological polar surface area (TPSA) is 71.4 Å². The Hall–Kier alpha value is -4.14. The van der Waals surface area contributed by atoms with Crippen LogP contribution in [0, 0.1) is 25.5 Å². The van der Waals surface area contributed by atoms with Crippen LogP contribution in [0.3, 0.4) is 0 Å². The zero-order valence-electron chi connectivity index (χ0n) is 21.6. The van der Waals surface area contributed by atoms with Crippen LogP contribution in [0.4, 0.5) is 25.8 Å². The van der Waals surface area contributed by atoms with Crippen LogP contribution in [0.2, 0.25) is 0 Å². The number of methoxy groups -OCH3 is 1. The molecule has 7 nitrogen and oxygen atoms in total. The Morgan fingerprint density at radius 3 is 2.42 bits per heavy atom. The predicted molar refractivity (Wildman–Crippen MR) is 141 cm³/mol. The van der Waals surface area contributed by atoms with Crippen LogP contribution >= 0.6 is 0 Å². The molecule has 5 rings (SSSR count). The van der Waals surface area contributed by atoms with E-state index in [2.05, 4.69) is 4.90 Å². The molecule has 1 unspecified atom stereocenters. The number of guanidine groups is 1. The van der Waals surface area contributed by atoms with E-state index in [4.69, 9.17) is 9.73 Å². The number of para-hydroxylation sites is 1. The van der Waals surface area contributed by atoms with Gasteiger partial charge in [0.1, 0.15) is 23.1 Å². The first kappa shape index (κ1) is 25.5. The van der Waals surface area contributed by atoms with Crippen molar-refractivity contribution < 1.29 is 23.4 Å². The van der Waals surface area contributed by atoms with E-state index in [1.165, 1.54) is 12.1 Å². The number of hydrogen-bond acceptors (Lipinski definition) is 7. The summed E-state index contributed by atoms with van der Waals surface area (Å²) in [5.41, 5.74) is 3.71. The summed E-state index contributed by atoms with van der Waals surface area (Å²) in [7, 11) is 1.56. The smallest absolute Gasteiger partial charge is 0.207 e. The number of ether oxygens (including phenoxy) is 1. The summed E-state index contributed by atoms with van der Waals surface area (Å²) in [6, 6.07) is 14.6. The van der Waals surface area contributed by atoms with Crippen molar-refractivity contribution in [2.75, 3.05) is 43.1 Å². The molecule has 198 valence electrons. The lowest BCUT2D eigenvalue weighted by Gasteiger charge is -2.45. The maximum atomic E-state index is 15.0. The van der Waals surface area contributed by atoms with Gasteiger partial charge in [-0.05, 0) is 61.4 Å². The number of aryl methyl sites for hydroxylation is 2. The molecule has 0 saturated carbocycles. The Labute approximate surface area is 220 Å². The lowest BCUT2D eigenvalue weighted by atomic mass is 9.96. The third-order valence-corrected chi connectivity index (χ3v) is 7.14. The van der Waals surface area contributed by atoms with Crippen LogP contribution < -0.4 is 19.6 Å². The number of fused-ring (bicyclic) bond motifs is 1. The number of aliphatic carboxylic acids is 1. The molecule has 0 aliphatic carbocycles. The van der Waals surface area contributed by atoms with Crippen molar-refractivity contribution in [3.8, 4) is 5.75 Å². The minimum absolute atomic E-state index is 0.133. The van der Waals surface area contributed by atoms with Crippen LogP contribution in [0.25, 0.3) is 0 Å². The molecule has 1 fully saturated rings. The summed E-state index contributed by atoms with van der Waals surface area (Å²) >= 11 is 0. The molecule has 0 N–H and O–H groups in total. The van der Waals surface area contributed by atoms with Gasteiger partial charge in [0.05, 0.1) is 18.8 Å². The molecular weight excluding hydrogens is 490 g/mol. The number of benzene rings is 3. The Morgan fingerprint density at radius 1 is 1.00 bits per heavy atom. The number of carbonyl (C=O) groups is 1. The number of carboxylic acid groups (broad SMARTS) is 1. The molecule has 38 heavy (non-hydrogen) atoms. The van der Waals surface area contributed by atoms with E-state index in [-0.39, 0.29) is 17.9 Å². The molecule has 0 aromatic heterocycles. The zero-order chi connectivity index (χ0) is 27.0. The lowest BCUT2D eigenvalue weighted by Crippen LogP contribution is -2.55. The maximum Gasteiger partial charge on any atom is 0.207 e. The molecule has 1 atom stereocenters. The summed E-state index contributed by atoms with van der Waals surface area (Å²) < 4.78 is 34.5. The van der Waals surface area contributed by atoms with Gasteiger partial charge in [-0.3, -0.25) is 0 Å². The zero-order valence-corrected chi connectivity index (χ0v) is 21.6. The molecule has 2 aliphatic rings. The van der Waals surface area contributed by atoms with Crippen LogP contribution in [0.5, 0.6) is 5.75 Å². The van der Waals surface area contributed by atoms with Gasteiger partial charge in [-0.25, -0.2) is 13.8 Å². The minimum Gasteiger partial charge on any atom is -0.550 e. The summed E-state index contributed by atoms with van der Waals surface area (Å²) in [5, 5.41) is 11.9. The van der Waals surface area contributed by atoms with Crippen molar-refractivity contribution in [3.05, 3.63) is 82.9 Å². The number of nitrogens with zero attached hydrogens (tertiary/aromatic N) is 4. The van der Waals surface area contributed by atoms with Gasteiger partial charge in [0.25, 0.3) is 0 Å². The van der Waals surface area contributed by atoms with Crippen LogP contribution in [-0.4, -0.2) is 50.1 Å². The number of halogens is 2. The molecule has 3 aromatic rings. The summed E-state index contributed by atoms with van der Waals surface area (Å²) in [4.78, 5) is 22.7. The Morgan fingerprint density at radius 2 is 1.74 bits per heavy atom. The summed E-state index contributed by atoms with van der Waals surface area (Å²) in [5.74, 6) is -1.01. The Kier molecular flexibility index (Phi) is 6.93. The van der Waals surface area contributed by atoms with Crippen molar-refractivity contribution in [2.45, 2.75) is 26.3 Å². The quantitative estimate of drug-likeness (QED) is 0.506. The van der Waals surface area contributed by atoms with Gasteiger partial charge in [-0.15, -0.1) is 0 Å². The number of piperazine rings is 1. The largest absolute Gasteiger partial charge is 0.550 e. The summed E-state index contributed by atoms with van der Waals surface area (Å²) in [6.07, 6.45) is -0.360. The fourth-order valence-electron chi connectivity index (χ4n) is 5.19. The molecule has 3 aromatic carbocycles. The van der Waals surface area contributed by atoms with E-state index in [0.717, 1.165) is 11.3 Å². The number of aliphatic imine (C=N–C) groups is 1. The predicted octanol–water partition coefficient (Wildman–Crippen LogP) is 4.10. The van der Waals surface area contributed by atoms with E-state index >= 15 is 4.39 Å². The third-order valence-electron chi connectivity index (χ3n) is 7.14. The van der Waals surface area contributed by atoms with E-state index in [0.29, 0.717) is 54.7 Å². The number of hydrogen-bond donors (Lipinski definition) is 0. The highest BCUT2D eigenvalue weighted by molar-refractivity contribution is 6.02. The fourth-order valence-corrected chi connectivity index (χ4v) is 5.19. The molecule has 2 heterocycles. The maximum absolute atomic E-state index is 15.0. The second-order valence-corrected chi connectivity index (χ2v) is 9.63. The first-order valence-corrected chi connectivity index (χ1v) is 12.5. The average Bonchev–Trinajstić information content (AvgIpc) is 2.90. The van der Waals surface area contributed by atoms with E-state index in [1.807, 2.05) is 41.0 Å². The van der Waals surface area contributed by atoms with Crippen molar-refractivity contribution in [1.29, 1.82) is 0 Å². The van der Waals surface area contributed by atoms with Gasteiger partial charge < -0.3 is 29.3 Å². The van der Waals surface area contributed by atoms with Gasteiger partial charge in [-0.2, -0.15) is 0 Å². The van der Waals surface area contributed by atoms with Crippen molar-refractivity contribution in [2.24, 2.45) is 4.99 Å². The molecule has 0 bridgehead atoms. The second-order valence-electron chi connectivity index (χ2n) is 9.63. The Balaban J connectivity index is 1.57. The van der Waals surface area contributed by atoms with Gasteiger partial charge >= 0.3 is 0 Å².